The van der Waals surface area contributed by atoms with Gasteiger partial charge in [-0.15, -0.1) is 0 Å². The summed E-state index contributed by atoms with van der Waals surface area (Å²) in [6.07, 6.45) is 6.67. The molecule has 1 unspecified atom stereocenters. The normalized spacial score (nSPS) is 13.5. The molecule has 0 N–H and O–H groups in total. The number of nitrogens with zero attached hydrogens (tertiary/aromatic N) is 6. The minimum atomic E-state index is -0.598. The summed E-state index contributed by atoms with van der Waals surface area (Å²) in [6.45, 7) is 10.8. The lowest BCUT2D eigenvalue weighted by molar-refractivity contribution is -0.144. The molecule has 0 radical (unpaired) electrons. The molecule has 3 aromatic heterocycles. The van der Waals surface area contributed by atoms with Gasteiger partial charge >= 0.3 is 12.1 Å². The lowest BCUT2D eigenvalue weighted by atomic mass is 10.0. The highest BCUT2D eigenvalue weighted by atomic mass is 16.6. The smallest absolute Gasteiger partial charge is 0.416 e. The van der Waals surface area contributed by atoms with Gasteiger partial charge < -0.3 is 19.1 Å². The summed E-state index contributed by atoms with van der Waals surface area (Å²) in [4.78, 5) is 51.4. The van der Waals surface area contributed by atoms with Crippen LogP contribution in [0.25, 0.3) is 0 Å². The number of esters is 1. The molecule has 3 aromatic rings. The largest absolute Gasteiger partial charge is 0.481 e. The number of hydrogen-bond donors (Lipinski definition) is 0. The van der Waals surface area contributed by atoms with Gasteiger partial charge in [0.2, 0.25) is 5.88 Å². The van der Waals surface area contributed by atoms with Gasteiger partial charge in [0, 0.05) is 50.2 Å². The maximum Gasteiger partial charge on any atom is 0.416 e. The van der Waals surface area contributed by atoms with Gasteiger partial charge in [0.15, 0.2) is 0 Å². The van der Waals surface area contributed by atoms with Gasteiger partial charge in [0.25, 0.3) is 5.91 Å². The fourth-order valence-electron chi connectivity index (χ4n) is 5.10. The average Bonchev–Trinajstić information content (AvgIpc) is 3.48. The van der Waals surface area contributed by atoms with Crippen molar-refractivity contribution in [1.29, 1.82) is 0 Å². The topological polar surface area (TPSA) is 129 Å². The molecule has 0 aromatic carbocycles. The van der Waals surface area contributed by atoms with E-state index in [9.17, 15) is 14.4 Å². The van der Waals surface area contributed by atoms with Crippen LogP contribution in [0.2, 0.25) is 0 Å². The molecule has 0 saturated heterocycles. The number of anilines is 1. The summed E-state index contributed by atoms with van der Waals surface area (Å²) in [5.41, 5.74) is 2.32. The van der Waals surface area contributed by atoms with Crippen molar-refractivity contribution in [3.8, 4) is 5.88 Å². The van der Waals surface area contributed by atoms with E-state index in [0.717, 1.165) is 24.1 Å². The SMILES string of the molecule is CCOC(=O)CC(c1ccc(OC)nc1)N(CC)C(=O)c1cnn(CCc2ccc3c(n2)N(C(=O)OC(C)(C)C)CCC3)c1. The minimum absolute atomic E-state index is 0.0140. The number of amides is 2. The van der Waals surface area contributed by atoms with Crippen molar-refractivity contribution in [1.82, 2.24) is 24.6 Å². The molecule has 0 aliphatic carbocycles. The van der Waals surface area contributed by atoms with Crippen molar-refractivity contribution < 1.29 is 28.6 Å². The fourth-order valence-corrected chi connectivity index (χ4v) is 5.10. The predicted octanol–water partition coefficient (Wildman–Crippen LogP) is 4.77. The predicted molar refractivity (Wildman–Crippen MR) is 164 cm³/mol. The Morgan fingerprint density at radius 2 is 1.89 bits per heavy atom. The number of ether oxygens (including phenoxy) is 3. The van der Waals surface area contributed by atoms with Crippen LogP contribution in [0.5, 0.6) is 5.88 Å². The zero-order valence-corrected chi connectivity index (χ0v) is 26.4. The summed E-state index contributed by atoms with van der Waals surface area (Å²) in [5.74, 6) is 0.408. The van der Waals surface area contributed by atoms with Crippen LogP contribution in [0.4, 0.5) is 10.6 Å². The summed E-state index contributed by atoms with van der Waals surface area (Å²) in [7, 11) is 1.53. The number of hydrogen-bond acceptors (Lipinski definition) is 9. The molecule has 4 heterocycles. The third-order valence-corrected chi connectivity index (χ3v) is 7.18. The molecule has 2 amide bonds. The van der Waals surface area contributed by atoms with E-state index in [2.05, 4.69) is 10.1 Å². The van der Waals surface area contributed by atoms with Gasteiger partial charge in [0.05, 0.1) is 37.9 Å². The minimum Gasteiger partial charge on any atom is -0.481 e. The van der Waals surface area contributed by atoms with E-state index in [1.54, 1.807) is 45.9 Å². The molecular formula is C32H42N6O6. The Hall–Kier alpha value is -4.48. The Bertz CT molecular complexity index is 1450. The van der Waals surface area contributed by atoms with E-state index >= 15 is 0 Å². The number of fused-ring (bicyclic) bond motifs is 1. The zero-order chi connectivity index (χ0) is 31.9. The molecule has 236 valence electrons. The number of aromatic nitrogens is 4. The van der Waals surface area contributed by atoms with Crippen LogP contribution < -0.4 is 9.64 Å². The van der Waals surface area contributed by atoms with E-state index in [1.165, 1.54) is 13.3 Å². The Kier molecular flexibility index (Phi) is 10.6. The van der Waals surface area contributed by atoms with Crippen LogP contribution >= 0.6 is 0 Å². The van der Waals surface area contributed by atoms with Gasteiger partial charge in [-0.3, -0.25) is 19.2 Å². The number of carbonyl (C=O) groups is 3. The number of aryl methyl sites for hydroxylation is 3. The third-order valence-electron chi connectivity index (χ3n) is 7.18. The first-order valence-electron chi connectivity index (χ1n) is 15.0. The molecule has 1 aliphatic heterocycles. The number of rotatable bonds is 11. The molecule has 0 spiro atoms. The Morgan fingerprint density at radius 1 is 1.09 bits per heavy atom. The van der Waals surface area contributed by atoms with Gasteiger partial charge in [-0.25, -0.2) is 14.8 Å². The van der Waals surface area contributed by atoms with Crippen molar-refractivity contribution in [3.05, 3.63) is 65.2 Å². The second-order valence-electron chi connectivity index (χ2n) is 11.5. The van der Waals surface area contributed by atoms with Crippen molar-refractivity contribution >= 4 is 23.8 Å². The molecule has 1 aliphatic rings. The maximum absolute atomic E-state index is 13.7. The van der Waals surface area contributed by atoms with Gasteiger partial charge in [-0.05, 0) is 64.7 Å². The van der Waals surface area contributed by atoms with E-state index in [0.29, 0.717) is 48.9 Å². The third kappa shape index (κ3) is 8.12. The molecule has 0 saturated carbocycles. The summed E-state index contributed by atoms with van der Waals surface area (Å²) in [6, 6.07) is 6.90. The Labute approximate surface area is 258 Å². The average molecular weight is 607 g/mol. The van der Waals surface area contributed by atoms with Crippen LogP contribution in [0, 0.1) is 0 Å². The van der Waals surface area contributed by atoms with E-state index in [1.807, 2.05) is 39.8 Å². The first-order chi connectivity index (χ1) is 21.0. The van der Waals surface area contributed by atoms with Gasteiger partial charge in [-0.2, -0.15) is 5.10 Å². The lowest BCUT2D eigenvalue weighted by Gasteiger charge is -2.31. The molecule has 12 nitrogen and oxygen atoms in total. The first kappa shape index (κ1) is 32.4. The van der Waals surface area contributed by atoms with Gasteiger partial charge in [-0.1, -0.05) is 12.1 Å². The first-order valence-corrected chi connectivity index (χ1v) is 15.0. The standard InChI is InChI=1S/C32H42N6O6/c1-7-37(26(18-28(39)43-8-2)23-12-14-27(42-6)33-19-23)30(40)24-20-34-36(21-24)17-15-25-13-11-22-10-9-16-38(29(22)35-25)31(41)44-32(3,4)5/h11-14,19-21,26H,7-10,15-18H2,1-6H3. The quantitative estimate of drug-likeness (QED) is 0.284. The summed E-state index contributed by atoms with van der Waals surface area (Å²) < 4.78 is 17.7. The molecule has 12 heteroatoms. The van der Waals surface area contributed by atoms with Crippen LogP contribution in [0.15, 0.2) is 42.9 Å². The molecule has 44 heavy (non-hydrogen) atoms. The number of pyridine rings is 2. The van der Waals surface area contributed by atoms with Crippen LogP contribution in [-0.4, -0.2) is 75.0 Å². The second kappa shape index (κ2) is 14.3. The highest BCUT2D eigenvalue weighted by Gasteiger charge is 2.30. The number of carbonyl (C=O) groups excluding carboxylic acids is 3. The number of methoxy groups -OCH3 is 1. The van der Waals surface area contributed by atoms with Gasteiger partial charge in [0.1, 0.15) is 11.4 Å². The summed E-state index contributed by atoms with van der Waals surface area (Å²) >= 11 is 0. The van der Waals surface area contributed by atoms with Crippen molar-refractivity contribution in [3.63, 3.8) is 0 Å². The fraction of sp³-hybridized carbons (Fsp3) is 0.500. The van der Waals surface area contributed by atoms with Crippen molar-refractivity contribution in [2.45, 2.75) is 78.5 Å². The monoisotopic (exact) mass is 606 g/mol. The second-order valence-corrected chi connectivity index (χ2v) is 11.5. The van der Waals surface area contributed by atoms with Crippen LogP contribution in [0.3, 0.4) is 0 Å². The van der Waals surface area contributed by atoms with E-state index in [4.69, 9.17) is 19.2 Å². The van der Waals surface area contributed by atoms with Crippen LogP contribution in [-0.2, 0) is 33.7 Å². The highest BCUT2D eigenvalue weighted by Crippen LogP contribution is 2.29. The Morgan fingerprint density at radius 3 is 2.55 bits per heavy atom. The molecule has 4 rings (SSSR count). The highest BCUT2D eigenvalue weighted by molar-refractivity contribution is 5.94. The lowest BCUT2D eigenvalue weighted by Crippen LogP contribution is -2.40. The van der Waals surface area contributed by atoms with Crippen LogP contribution in [0.1, 0.15) is 80.7 Å². The van der Waals surface area contributed by atoms with E-state index in [-0.39, 0.29) is 18.9 Å². The van der Waals surface area contributed by atoms with Crippen molar-refractivity contribution in [2.24, 2.45) is 0 Å². The molecule has 1 atom stereocenters. The van der Waals surface area contributed by atoms with Crippen molar-refractivity contribution in [2.75, 3.05) is 31.7 Å². The molecule has 0 bridgehead atoms. The Balaban J connectivity index is 1.48. The molecular weight excluding hydrogens is 564 g/mol. The zero-order valence-electron chi connectivity index (χ0n) is 26.4. The molecule has 0 fully saturated rings. The summed E-state index contributed by atoms with van der Waals surface area (Å²) in [5, 5.41) is 4.42. The van der Waals surface area contributed by atoms with E-state index < -0.39 is 23.7 Å². The maximum atomic E-state index is 13.7.